The van der Waals surface area contributed by atoms with E-state index < -0.39 is 5.82 Å². The van der Waals surface area contributed by atoms with Crippen molar-refractivity contribution in [3.63, 3.8) is 0 Å². The number of rotatable bonds is 3. The summed E-state index contributed by atoms with van der Waals surface area (Å²) in [5.74, 6) is -0.375. The van der Waals surface area contributed by atoms with Crippen molar-refractivity contribution in [2.75, 3.05) is 0 Å². The van der Waals surface area contributed by atoms with Crippen molar-refractivity contribution >= 4 is 16.8 Å². The van der Waals surface area contributed by atoms with Crippen molar-refractivity contribution < 1.29 is 9.18 Å². The number of halogens is 1. The van der Waals surface area contributed by atoms with Crippen molar-refractivity contribution in [1.82, 2.24) is 19.7 Å². The van der Waals surface area contributed by atoms with Crippen LogP contribution in [0, 0.1) is 12.7 Å². The second-order valence-corrected chi connectivity index (χ2v) is 5.59. The molecule has 0 aliphatic carbocycles. The molecule has 0 N–H and O–H groups in total. The number of hydrogen-bond donors (Lipinski definition) is 0. The minimum Gasteiger partial charge on any atom is -0.287 e. The molecule has 2 aromatic heterocycles. The molecule has 4 rings (SSSR count). The van der Waals surface area contributed by atoms with Crippen LogP contribution >= 0.6 is 0 Å². The maximum Gasteiger partial charge on any atom is 0.212 e. The van der Waals surface area contributed by atoms with Crippen molar-refractivity contribution in [3.8, 4) is 5.69 Å². The number of benzene rings is 2. The van der Waals surface area contributed by atoms with E-state index in [9.17, 15) is 9.18 Å². The molecule has 5 nitrogen and oxygen atoms in total. The molecular formula is C19H13FN4O. The molecule has 4 aromatic rings. The standard InChI is InChI=1S/C19H13FN4O/c1-12-22-17(18(25)13-6-5-7-14(20)10-13)16-11-21-24(19(16)23-12)15-8-3-2-4-9-15/h2-11H,1H3. The molecule has 0 bridgehead atoms. The van der Waals surface area contributed by atoms with Gasteiger partial charge in [-0.25, -0.2) is 19.0 Å². The van der Waals surface area contributed by atoms with Crippen LogP contribution in [0.1, 0.15) is 21.9 Å². The fraction of sp³-hybridized carbons (Fsp3) is 0.0526. The van der Waals surface area contributed by atoms with Gasteiger partial charge in [-0.1, -0.05) is 30.3 Å². The van der Waals surface area contributed by atoms with Gasteiger partial charge >= 0.3 is 0 Å². The molecular weight excluding hydrogens is 319 g/mol. The molecule has 25 heavy (non-hydrogen) atoms. The Hall–Kier alpha value is -3.41. The molecule has 2 heterocycles. The lowest BCUT2D eigenvalue weighted by atomic mass is 10.1. The Balaban J connectivity index is 1.91. The molecule has 0 fully saturated rings. The van der Waals surface area contributed by atoms with E-state index in [1.165, 1.54) is 18.2 Å². The van der Waals surface area contributed by atoms with Gasteiger partial charge < -0.3 is 0 Å². The molecule has 0 radical (unpaired) electrons. The average molecular weight is 332 g/mol. The number of nitrogens with zero attached hydrogens (tertiary/aromatic N) is 4. The van der Waals surface area contributed by atoms with Gasteiger partial charge in [0.05, 0.1) is 17.3 Å². The fourth-order valence-electron chi connectivity index (χ4n) is 2.71. The van der Waals surface area contributed by atoms with E-state index in [1.54, 1.807) is 23.9 Å². The third-order valence-electron chi connectivity index (χ3n) is 3.84. The molecule has 0 saturated carbocycles. The van der Waals surface area contributed by atoms with Crippen molar-refractivity contribution in [1.29, 1.82) is 0 Å². The zero-order valence-corrected chi connectivity index (χ0v) is 13.3. The monoisotopic (exact) mass is 332 g/mol. The maximum atomic E-state index is 13.5. The third kappa shape index (κ3) is 2.67. The lowest BCUT2D eigenvalue weighted by Gasteiger charge is -2.06. The highest BCUT2D eigenvalue weighted by molar-refractivity contribution is 6.14. The Bertz CT molecular complexity index is 1090. The highest BCUT2D eigenvalue weighted by Gasteiger charge is 2.19. The van der Waals surface area contributed by atoms with Gasteiger partial charge in [-0.2, -0.15) is 5.10 Å². The van der Waals surface area contributed by atoms with Gasteiger partial charge in [0.15, 0.2) is 5.65 Å². The third-order valence-corrected chi connectivity index (χ3v) is 3.84. The Morgan fingerprint density at radius 2 is 1.84 bits per heavy atom. The normalized spacial score (nSPS) is 11.0. The summed E-state index contributed by atoms with van der Waals surface area (Å²) in [5.41, 5.74) is 1.83. The lowest BCUT2D eigenvalue weighted by molar-refractivity contribution is 0.103. The maximum absolute atomic E-state index is 13.5. The van der Waals surface area contributed by atoms with Crippen molar-refractivity contribution in [2.24, 2.45) is 0 Å². The summed E-state index contributed by atoms with van der Waals surface area (Å²) in [7, 11) is 0. The van der Waals surface area contributed by atoms with E-state index in [4.69, 9.17) is 0 Å². The van der Waals surface area contributed by atoms with Crippen LogP contribution in [0.2, 0.25) is 0 Å². The SMILES string of the molecule is Cc1nc(C(=O)c2cccc(F)c2)c2cnn(-c3ccccc3)c2n1. The highest BCUT2D eigenvalue weighted by atomic mass is 19.1. The number of carbonyl (C=O) groups excluding carboxylic acids is 1. The molecule has 0 atom stereocenters. The summed E-state index contributed by atoms with van der Waals surface area (Å²) in [6.07, 6.45) is 1.56. The predicted molar refractivity (Wildman–Crippen MR) is 91.2 cm³/mol. The molecule has 122 valence electrons. The van der Waals surface area contributed by atoms with Crippen LogP contribution in [0.25, 0.3) is 16.7 Å². The number of fused-ring (bicyclic) bond motifs is 1. The number of aromatic nitrogens is 4. The summed E-state index contributed by atoms with van der Waals surface area (Å²) in [5, 5.41) is 4.88. The quantitative estimate of drug-likeness (QED) is 0.539. The molecule has 0 aliphatic heterocycles. The largest absolute Gasteiger partial charge is 0.287 e. The molecule has 0 spiro atoms. The first-order chi connectivity index (χ1) is 12.1. The van der Waals surface area contributed by atoms with Crippen LogP contribution in [0.15, 0.2) is 60.8 Å². The Kier molecular flexibility index (Phi) is 3.57. The number of carbonyl (C=O) groups is 1. The topological polar surface area (TPSA) is 60.7 Å². The number of para-hydroxylation sites is 1. The van der Waals surface area contributed by atoms with E-state index in [-0.39, 0.29) is 17.0 Å². The van der Waals surface area contributed by atoms with Crippen LogP contribution in [0.4, 0.5) is 4.39 Å². The summed E-state index contributed by atoms with van der Waals surface area (Å²) in [4.78, 5) is 21.5. The molecule has 0 amide bonds. The van der Waals surface area contributed by atoms with Crippen LogP contribution < -0.4 is 0 Å². The van der Waals surface area contributed by atoms with E-state index in [0.717, 1.165) is 5.69 Å². The van der Waals surface area contributed by atoms with Crippen LogP contribution in [-0.4, -0.2) is 25.5 Å². The molecule has 0 unspecified atom stereocenters. The van der Waals surface area contributed by atoms with Crippen LogP contribution in [0.5, 0.6) is 0 Å². The second-order valence-electron chi connectivity index (χ2n) is 5.59. The zero-order valence-electron chi connectivity index (χ0n) is 13.3. The van der Waals surface area contributed by atoms with Gasteiger partial charge in [0.2, 0.25) is 5.78 Å². The predicted octanol–water partition coefficient (Wildman–Crippen LogP) is 3.49. The van der Waals surface area contributed by atoms with Gasteiger partial charge in [0.1, 0.15) is 17.3 Å². The Labute approximate surface area is 142 Å². The van der Waals surface area contributed by atoms with Crippen molar-refractivity contribution in [2.45, 2.75) is 6.92 Å². The van der Waals surface area contributed by atoms with Crippen LogP contribution in [0.3, 0.4) is 0 Å². The molecule has 6 heteroatoms. The van der Waals surface area contributed by atoms with E-state index in [1.807, 2.05) is 30.3 Å². The van der Waals surface area contributed by atoms with Gasteiger partial charge in [0, 0.05) is 5.56 Å². The summed E-state index contributed by atoms with van der Waals surface area (Å²) in [6, 6.07) is 15.1. The first-order valence-corrected chi connectivity index (χ1v) is 7.71. The minimum atomic E-state index is -0.465. The second kappa shape index (κ2) is 5.90. The first-order valence-electron chi connectivity index (χ1n) is 7.71. The van der Waals surface area contributed by atoms with Gasteiger partial charge in [-0.05, 0) is 31.2 Å². The fourth-order valence-corrected chi connectivity index (χ4v) is 2.71. The smallest absolute Gasteiger partial charge is 0.212 e. The zero-order chi connectivity index (χ0) is 17.4. The average Bonchev–Trinajstić information content (AvgIpc) is 3.05. The van der Waals surface area contributed by atoms with Crippen molar-refractivity contribution in [3.05, 3.63) is 83.7 Å². The number of aryl methyl sites for hydroxylation is 1. The molecule has 2 aromatic carbocycles. The summed E-state index contributed by atoms with van der Waals surface area (Å²) >= 11 is 0. The molecule has 0 saturated heterocycles. The van der Waals surface area contributed by atoms with Gasteiger partial charge in [0.25, 0.3) is 0 Å². The minimum absolute atomic E-state index is 0.218. The van der Waals surface area contributed by atoms with Gasteiger partial charge in [-0.15, -0.1) is 0 Å². The Morgan fingerprint density at radius 3 is 2.60 bits per heavy atom. The Morgan fingerprint density at radius 1 is 1.04 bits per heavy atom. The summed E-state index contributed by atoms with van der Waals surface area (Å²) in [6.45, 7) is 1.71. The van der Waals surface area contributed by atoms with E-state index in [2.05, 4.69) is 15.1 Å². The van der Waals surface area contributed by atoms with E-state index >= 15 is 0 Å². The number of hydrogen-bond acceptors (Lipinski definition) is 4. The molecule has 0 aliphatic rings. The lowest BCUT2D eigenvalue weighted by Crippen LogP contribution is -2.08. The van der Waals surface area contributed by atoms with Crippen LogP contribution in [-0.2, 0) is 0 Å². The van der Waals surface area contributed by atoms with E-state index in [0.29, 0.717) is 16.9 Å². The summed E-state index contributed by atoms with van der Waals surface area (Å²) < 4.78 is 15.1. The highest BCUT2D eigenvalue weighted by Crippen LogP contribution is 2.21. The van der Waals surface area contributed by atoms with Gasteiger partial charge in [-0.3, -0.25) is 4.79 Å². The first kappa shape index (κ1) is 15.1. The number of ketones is 1.